The molecular formula is C22H32N4O3. The lowest BCUT2D eigenvalue weighted by molar-refractivity contribution is -0.132. The van der Waals surface area contributed by atoms with E-state index in [0.717, 1.165) is 44.5 Å². The van der Waals surface area contributed by atoms with Crippen LogP contribution in [0.3, 0.4) is 0 Å². The first-order chi connectivity index (χ1) is 13.9. The fourth-order valence-corrected chi connectivity index (χ4v) is 4.01. The molecule has 29 heavy (non-hydrogen) atoms. The highest BCUT2D eigenvalue weighted by Gasteiger charge is 2.26. The lowest BCUT2D eigenvalue weighted by Crippen LogP contribution is -2.48. The van der Waals surface area contributed by atoms with Crippen molar-refractivity contribution in [3.05, 3.63) is 35.4 Å². The van der Waals surface area contributed by atoms with Gasteiger partial charge in [-0.1, -0.05) is 17.7 Å². The lowest BCUT2D eigenvalue weighted by Gasteiger charge is -2.26. The normalized spacial score (nSPS) is 19.0. The molecule has 1 N–H and O–H groups in total. The predicted octanol–water partition coefficient (Wildman–Crippen LogP) is 1.27. The molecule has 1 unspecified atom stereocenters. The second-order valence-electron chi connectivity index (χ2n) is 8.11. The summed E-state index contributed by atoms with van der Waals surface area (Å²) in [5.74, 6) is -0.109. The van der Waals surface area contributed by atoms with Crippen molar-refractivity contribution in [2.24, 2.45) is 0 Å². The minimum Gasteiger partial charge on any atom is -0.342 e. The zero-order valence-corrected chi connectivity index (χ0v) is 17.5. The molecule has 2 saturated heterocycles. The van der Waals surface area contributed by atoms with Gasteiger partial charge in [-0.15, -0.1) is 0 Å². The summed E-state index contributed by atoms with van der Waals surface area (Å²) in [6.07, 6.45) is 3.03. The average Bonchev–Trinajstić information content (AvgIpc) is 3.15. The number of hydrogen-bond donors (Lipinski definition) is 1. The van der Waals surface area contributed by atoms with Crippen molar-refractivity contribution in [2.75, 3.05) is 45.8 Å². The molecule has 2 aliphatic heterocycles. The Morgan fingerprint density at radius 1 is 0.966 bits per heavy atom. The molecule has 0 spiro atoms. The largest absolute Gasteiger partial charge is 0.342 e. The highest BCUT2D eigenvalue weighted by Crippen LogP contribution is 2.11. The van der Waals surface area contributed by atoms with Gasteiger partial charge in [0, 0.05) is 44.8 Å². The maximum absolute atomic E-state index is 12.8. The first-order valence-electron chi connectivity index (χ1n) is 10.6. The van der Waals surface area contributed by atoms with Gasteiger partial charge < -0.3 is 15.1 Å². The minimum atomic E-state index is -0.583. The molecule has 158 valence electrons. The first-order valence-corrected chi connectivity index (χ1v) is 10.6. The molecule has 1 aromatic carbocycles. The summed E-state index contributed by atoms with van der Waals surface area (Å²) in [6.45, 7) is 8.57. The Kier molecular flexibility index (Phi) is 7.25. The highest BCUT2D eigenvalue weighted by molar-refractivity contribution is 5.97. The smallest absolute Gasteiger partial charge is 0.251 e. The van der Waals surface area contributed by atoms with Crippen molar-refractivity contribution in [2.45, 2.75) is 39.2 Å². The van der Waals surface area contributed by atoms with Crippen LogP contribution in [0.5, 0.6) is 0 Å². The first kappa shape index (κ1) is 21.3. The number of nitrogens with one attached hydrogen (secondary N) is 1. The summed E-state index contributed by atoms with van der Waals surface area (Å²) in [4.78, 5) is 43.5. The molecule has 0 aliphatic carbocycles. The van der Waals surface area contributed by atoms with Gasteiger partial charge in [0.25, 0.3) is 5.91 Å². The second kappa shape index (κ2) is 9.87. The molecule has 3 amide bonds. The highest BCUT2D eigenvalue weighted by atomic mass is 16.2. The summed E-state index contributed by atoms with van der Waals surface area (Å²) < 4.78 is 0. The fraction of sp³-hybridized carbons (Fsp3) is 0.591. The van der Waals surface area contributed by atoms with Crippen molar-refractivity contribution in [1.82, 2.24) is 20.0 Å². The Morgan fingerprint density at radius 2 is 1.69 bits per heavy atom. The molecule has 3 rings (SSSR count). The van der Waals surface area contributed by atoms with E-state index in [1.54, 1.807) is 13.0 Å². The number of rotatable bonds is 5. The molecule has 0 radical (unpaired) electrons. The number of amides is 3. The summed E-state index contributed by atoms with van der Waals surface area (Å²) in [5.41, 5.74) is 1.57. The number of aryl methyl sites for hydroxylation is 1. The molecule has 0 bridgehead atoms. The maximum Gasteiger partial charge on any atom is 0.251 e. The van der Waals surface area contributed by atoms with Crippen LogP contribution in [-0.4, -0.2) is 84.3 Å². The Bertz CT molecular complexity index is 745. The molecule has 1 aromatic rings. The molecule has 1 atom stereocenters. The predicted molar refractivity (Wildman–Crippen MR) is 112 cm³/mol. The van der Waals surface area contributed by atoms with E-state index in [9.17, 15) is 14.4 Å². The number of carbonyl (C=O) groups is 3. The number of carbonyl (C=O) groups excluding carboxylic acids is 3. The summed E-state index contributed by atoms with van der Waals surface area (Å²) >= 11 is 0. The third-order valence-electron chi connectivity index (χ3n) is 5.72. The topological polar surface area (TPSA) is 73.0 Å². The van der Waals surface area contributed by atoms with Crippen molar-refractivity contribution >= 4 is 17.7 Å². The van der Waals surface area contributed by atoms with E-state index in [1.165, 1.54) is 0 Å². The fourth-order valence-electron chi connectivity index (χ4n) is 4.01. The van der Waals surface area contributed by atoms with Crippen LogP contribution in [0.25, 0.3) is 0 Å². The van der Waals surface area contributed by atoms with E-state index < -0.39 is 6.04 Å². The van der Waals surface area contributed by atoms with Crippen LogP contribution in [0.2, 0.25) is 0 Å². The molecule has 7 nitrogen and oxygen atoms in total. The van der Waals surface area contributed by atoms with Crippen LogP contribution in [-0.2, 0) is 9.59 Å². The van der Waals surface area contributed by atoms with E-state index in [-0.39, 0.29) is 17.7 Å². The van der Waals surface area contributed by atoms with Crippen molar-refractivity contribution in [1.29, 1.82) is 0 Å². The molecule has 0 aromatic heterocycles. The van der Waals surface area contributed by atoms with E-state index in [2.05, 4.69) is 10.2 Å². The minimum absolute atomic E-state index is 0.0706. The summed E-state index contributed by atoms with van der Waals surface area (Å²) in [6, 6.07) is 6.75. The molecule has 7 heteroatoms. The standard InChI is InChI=1S/C22H32N4O3/c1-17-7-5-8-19(15-17)21(28)23-18(2)22(29)26-12-6-9-24(13-14-26)16-20(27)25-10-3-4-11-25/h5,7-8,15,18H,3-4,6,9-14,16H2,1-2H3,(H,23,28). The van der Waals surface area contributed by atoms with E-state index in [0.29, 0.717) is 31.7 Å². The van der Waals surface area contributed by atoms with Gasteiger partial charge in [-0.05, 0) is 45.2 Å². The Morgan fingerprint density at radius 3 is 2.41 bits per heavy atom. The van der Waals surface area contributed by atoms with Crippen molar-refractivity contribution in [3.63, 3.8) is 0 Å². The van der Waals surface area contributed by atoms with Gasteiger partial charge in [0.1, 0.15) is 6.04 Å². The van der Waals surface area contributed by atoms with Gasteiger partial charge in [0.05, 0.1) is 6.54 Å². The number of nitrogens with zero attached hydrogens (tertiary/aromatic N) is 3. The molecular weight excluding hydrogens is 368 g/mol. The Hall–Kier alpha value is -2.41. The zero-order valence-electron chi connectivity index (χ0n) is 17.5. The monoisotopic (exact) mass is 400 g/mol. The number of benzene rings is 1. The second-order valence-corrected chi connectivity index (χ2v) is 8.11. The van der Waals surface area contributed by atoms with Crippen molar-refractivity contribution < 1.29 is 14.4 Å². The van der Waals surface area contributed by atoms with Crippen molar-refractivity contribution in [3.8, 4) is 0 Å². The maximum atomic E-state index is 12.8. The van der Waals surface area contributed by atoms with Crippen LogP contribution in [0.4, 0.5) is 0 Å². The molecule has 2 fully saturated rings. The lowest BCUT2D eigenvalue weighted by atomic mass is 10.1. The zero-order chi connectivity index (χ0) is 20.8. The average molecular weight is 401 g/mol. The van der Waals surface area contributed by atoms with Gasteiger partial charge >= 0.3 is 0 Å². The third-order valence-corrected chi connectivity index (χ3v) is 5.72. The van der Waals surface area contributed by atoms with Crippen LogP contribution >= 0.6 is 0 Å². The van der Waals surface area contributed by atoms with Gasteiger partial charge in [-0.3, -0.25) is 19.3 Å². The molecule has 0 saturated carbocycles. The molecule has 2 heterocycles. The quantitative estimate of drug-likeness (QED) is 0.808. The Balaban J connectivity index is 1.49. The van der Waals surface area contributed by atoms with Gasteiger partial charge in [-0.2, -0.15) is 0 Å². The SMILES string of the molecule is Cc1cccc(C(=O)NC(C)C(=O)N2CCCN(CC(=O)N3CCCC3)CC2)c1. The van der Waals surface area contributed by atoms with E-state index in [4.69, 9.17) is 0 Å². The van der Waals surface area contributed by atoms with Gasteiger partial charge in [0.15, 0.2) is 0 Å². The summed E-state index contributed by atoms with van der Waals surface area (Å²) in [5, 5.41) is 2.82. The van der Waals surface area contributed by atoms with Gasteiger partial charge in [0.2, 0.25) is 11.8 Å². The van der Waals surface area contributed by atoms with Crippen LogP contribution in [0.1, 0.15) is 42.1 Å². The molecule has 2 aliphatic rings. The number of hydrogen-bond acceptors (Lipinski definition) is 4. The van der Waals surface area contributed by atoms with Crippen LogP contribution in [0.15, 0.2) is 24.3 Å². The van der Waals surface area contributed by atoms with Crippen LogP contribution < -0.4 is 5.32 Å². The Labute approximate surface area is 173 Å². The van der Waals surface area contributed by atoms with E-state index >= 15 is 0 Å². The van der Waals surface area contributed by atoms with E-state index in [1.807, 2.05) is 34.9 Å². The van der Waals surface area contributed by atoms with Gasteiger partial charge in [-0.25, -0.2) is 0 Å². The summed E-state index contributed by atoms with van der Waals surface area (Å²) in [7, 11) is 0. The number of likely N-dealkylation sites (tertiary alicyclic amines) is 1. The third kappa shape index (κ3) is 5.79. The van der Waals surface area contributed by atoms with Crippen LogP contribution in [0, 0.1) is 6.92 Å².